The first-order valence-electron chi connectivity index (χ1n) is 7.87. The summed E-state index contributed by atoms with van der Waals surface area (Å²) in [6.45, 7) is 2.59. The Morgan fingerprint density at radius 1 is 1.25 bits per heavy atom. The third-order valence-electron chi connectivity index (χ3n) is 4.02. The topological polar surface area (TPSA) is 55.2 Å². The van der Waals surface area contributed by atoms with Crippen LogP contribution >= 0.6 is 11.8 Å². The SMILES string of the molecule is CS[C@@H](C)Cc1c(-c2ccccc2)ncn1CCS(=O)(=O)N(C)C. The second kappa shape index (κ2) is 8.18. The quantitative estimate of drug-likeness (QED) is 0.720. The summed E-state index contributed by atoms with van der Waals surface area (Å²) in [4.78, 5) is 4.56. The predicted octanol–water partition coefficient (Wildman–Crippen LogP) is 2.74. The lowest BCUT2D eigenvalue weighted by Gasteiger charge is -2.15. The first-order valence-corrected chi connectivity index (χ1v) is 10.8. The van der Waals surface area contributed by atoms with Gasteiger partial charge in [-0.3, -0.25) is 0 Å². The van der Waals surface area contributed by atoms with E-state index in [9.17, 15) is 8.42 Å². The average molecular weight is 368 g/mol. The molecule has 1 aromatic heterocycles. The summed E-state index contributed by atoms with van der Waals surface area (Å²) in [5.74, 6) is 0.0746. The number of nitrogens with zero attached hydrogens (tertiary/aromatic N) is 3. The summed E-state index contributed by atoms with van der Waals surface area (Å²) in [5, 5.41) is 0.438. The molecular weight excluding hydrogens is 342 g/mol. The van der Waals surface area contributed by atoms with Gasteiger partial charge in [0.1, 0.15) is 0 Å². The first-order chi connectivity index (χ1) is 11.3. The molecule has 0 amide bonds. The lowest BCUT2D eigenvalue weighted by Crippen LogP contribution is -2.27. The minimum atomic E-state index is -3.22. The molecule has 0 fully saturated rings. The van der Waals surface area contributed by atoms with Crippen molar-refractivity contribution in [2.75, 3.05) is 26.1 Å². The van der Waals surface area contributed by atoms with Crippen molar-refractivity contribution in [3.8, 4) is 11.3 Å². The van der Waals surface area contributed by atoms with Gasteiger partial charge in [0.15, 0.2) is 0 Å². The predicted molar refractivity (Wildman–Crippen MR) is 102 cm³/mol. The van der Waals surface area contributed by atoms with E-state index < -0.39 is 10.0 Å². The van der Waals surface area contributed by atoms with Crippen molar-refractivity contribution in [1.82, 2.24) is 13.9 Å². The minimum Gasteiger partial charge on any atom is -0.333 e. The second-order valence-electron chi connectivity index (χ2n) is 5.95. The van der Waals surface area contributed by atoms with Gasteiger partial charge in [-0.2, -0.15) is 11.8 Å². The average Bonchev–Trinajstić information content (AvgIpc) is 2.96. The lowest BCUT2D eigenvalue weighted by molar-refractivity contribution is 0.514. The molecule has 5 nitrogen and oxygen atoms in total. The molecule has 0 bridgehead atoms. The van der Waals surface area contributed by atoms with E-state index in [1.54, 1.807) is 32.2 Å². The Hall–Kier alpha value is -1.31. The maximum Gasteiger partial charge on any atom is 0.215 e. The van der Waals surface area contributed by atoms with Crippen LogP contribution in [0.2, 0.25) is 0 Å². The second-order valence-corrected chi connectivity index (χ2v) is 9.53. The maximum atomic E-state index is 12.1. The molecule has 132 valence electrons. The smallest absolute Gasteiger partial charge is 0.215 e. The third kappa shape index (κ3) is 4.62. The van der Waals surface area contributed by atoms with Gasteiger partial charge < -0.3 is 4.57 Å². The summed E-state index contributed by atoms with van der Waals surface area (Å²) in [5.41, 5.74) is 3.10. The van der Waals surface area contributed by atoms with Crippen molar-refractivity contribution in [2.45, 2.75) is 25.1 Å². The monoisotopic (exact) mass is 367 g/mol. The van der Waals surface area contributed by atoms with Crippen molar-refractivity contribution in [3.63, 3.8) is 0 Å². The molecule has 1 heterocycles. The Balaban J connectivity index is 2.32. The standard InChI is InChI=1S/C17H25N3O2S2/c1-14(23-4)12-16-17(15-8-6-5-7-9-15)18-13-20(16)10-11-24(21,22)19(2)3/h5-9,13-14H,10-12H2,1-4H3/t14-/m0/s1. The van der Waals surface area contributed by atoms with Crippen molar-refractivity contribution < 1.29 is 8.42 Å². The highest BCUT2D eigenvalue weighted by atomic mass is 32.2. The van der Waals surface area contributed by atoms with Gasteiger partial charge in [-0.05, 0) is 6.26 Å². The highest BCUT2D eigenvalue weighted by molar-refractivity contribution is 7.99. The number of aromatic nitrogens is 2. The number of thioether (sulfide) groups is 1. The number of hydrogen-bond donors (Lipinski definition) is 0. The van der Waals surface area contributed by atoms with Gasteiger partial charge in [0.05, 0.1) is 17.8 Å². The highest BCUT2D eigenvalue weighted by Gasteiger charge is 2.18. The fourth-order valence-corrected chi connectivity index (χ4v) is 3.52. The number of hydrogen-bond acceptors (Lipinski definition) is 4. The van der Waals surface area contributed by atoms with Crippen molar-refractivity contribution in [3.05, 3.63) is 42.4 Å². The molecule has 0 aliphatic rings. The third-order valence-corrected chi connectivity index (χ3v) is 6.81. The van der Waals surface area contributed by atoms with Gasteiger partial charge in [0, 0.05) is 43.6 Å². The minimum absolute atomic E-state index is 0.0746. The van der Waals surface area contributed by atoms with Gasteiger partial charge in [-0.25, -0.2) is 17.7 Å². The van der Waals surface area contributed by atoms with Gasteiger partial charge in [0.2, 0.25) is 10.0 Å². The molecule has 1 aromatic carbocycles. The van der Waals surface area contributed by atoms with Crippen molar-refractivity contribution in [2.24, 2.45) is 0 Å². The summed E-state index contributed by atoms with van der Waals surface area (Å²) >= 11 is 1.80. The Labute approximate surface area is 149 Å². The largest absolute Gasteiger partial charge is 0.333 e. The van der Waals surface area contributed by atoms with E-state index in [-0.39, 0.29) is 5.75 Å². The van der Waals surface area contributed by atoms with Crippen LogP contribution in [0, 0.1) is 0 Å². The van der Waals surface area contributed by atoms with Crippen LogP contribution in [-0.2, 0) is 23.0 Å². The first kappa shape index (κ1) is 19.0. The number of rotatable bonds is 8. The van der Waals surface area contributed by atoms with Crippen molar-refractivity contribution >= 4 is 21.8 Å². The summed E-state index contributed by atoms with van der Waals surface area (Å²) in [6.07, 6.45) is 4.70. The molecule has 0 aliphatic heterocycles. The van der Waals surface area contributed by atoms with Gasteiger partial charge >= 0.3 is 0 Å². The van der Waals surface area contributed by atoms with Crippen LogP contribution in [0.25, 0.3) is 11.3 Å². The van der Waals surface area contributed by atoms with Crippen LogP contribution in [0.1, 0.15) is 12.6 Å². The molecule has 0 radical (unpaired) electrons. The molecule has 0 unspecified atom stereocenters. The lowest BCUT2D eigenvalue weighted by atomic mass is 10.1. The van der Waals surface area contributed by atoms with Crippen LogP contribution in [0.5, 0.6) is 0 Å². The van der Waals surface area contributed by atoms with Gasteiger partial charge in [0.25, 0.3) is 0 Å². The molecule has 2 rings (SSSR count). The zero-order valence-electron chi connectivity index (χ0n) is 14.6. The van der Waals surface area contributed by atoms with E-state index in [4.69, 9.17) is 0 Å². The molecule has 7 heteroatoms. The van der Waals surface area contributed by atoms with Crippen LogP contribution in [0.4, 0.5) is 0 Å². The summed E-state index contributed by atoms with van der Waals surface area (Å²) in [6, 6.07) is 10.0. The number of aryl methyl sites for hydroxylation is 1. The molecule has 0 saturated carbocycles. The zero-order valence-corrected chi connectivity index (χ0v) is 16.3. The Kier molecular flexibility index (Phi) is 6.48. The fourth-order valence-electron chi connectivity index (χ4n) is 2.40. The molecule has 1 atom stereocenters. The molecule has 24 heavy (non-hydrogen) atoms. The summed E-state index contributed by atoms with van der Waals surface area (Å²) in [7, 11) is -0.0934. The number of imidazole rings is 1. The van der Waals surface area contributed by atoms with Crippen LogP contribution in [0.3, 0.4) is 0 Å². The van der Waals surface area contributed by atoms with E-state index in [0.717, 1.165) is 23.4 Å². The number of benzene rings is 1. The summed E-state index contributed by atoms with van der Waals surface area (Å²) < 4.78 is 27.4. The normalized spacial score (nSPS) is 13.4. The molecular formula is C17H25N3O2S2. The molecule has 0 aliphatic carbocycles. The number of sulfonamides is 1. The Morgan fingerprint density at radius 2 is 1.92 bits per heavy atom. The van der Waals surface area contributed by atoms with E-state index in [1.165, 1.54) is 4.31 Å². The van der Waals surface area contributed by atoms with Crippen LogP contribution in [0.15, 0.2) is 36.7 Å². The Bertz CT molecular complexity index is 755. The van der Waals surface area contributed by atoms with E-state index in [2.05, 4.69) is 18.2 Å². The fraction of sp³-hybridized carbons (Fsp3) is 0.471. The molecule has 0 spiro atoms. The highest BCUT2D eigenvalue weighted by Crippen LogP contribution is 2.25. The zero-order chi connectivity index (χ0) is 17.7. The molecule has 0 saturated heterocycles. The van der Waals surface area contributed by atoms with Gasteiger partial charge in [-0.15, -0.1) is 0 Å². The van der Waals surface area contributed by atoms with E-state index in [1.807, 2.05) is 34.9 Å². The van der Waals surface area contributed by atoms with E-state index >= 15 is 0 Å². The van der Waals surface area contributed by atoms with Gasteiger partial charge in [-0.1, -0.05) is 37.3 Å². The molecule has 2 aromatic rings. The van der Waals surface area contributed by atoms with E-state index in [0.29, 0.717) is 11.8 Å². The Morgan fingerprint density at radius 3 is 2.50 bits per heavy atom. The molecule has 0 N–H and O–H groups in total. The maximum absolute atomic E-state index is 12.1. The van der Waals surface area contributed by atoms with Crippen molar-refractivity contribution in [1.29, 1.82) is 0 Å². The van der Waals surface area contributed by atoms with Crippen LogP contribution in [-0.4, -0.2) is 53.6 Å². The van der Waals surface area contributed by atoms with Crippen LogP contribution < -0.4 is 0 Å².